The summed E-state index contributed by atoms with van der Waals surface area (Å²) in [6, 6.07) is 1.60. The van der Waals surface area contributed by atoms with Crippen LogP contribution in [-0.2, 0) is 21.2 Å². The average Bonchev–Trinajstić information content (AvgIpc) is 3.46. The molecule has 4 rings (SSSR count). The number of hydrogen-bond acceptors (Lipinski definition) is 8. The molecule has 3 aliphatic heterocycles. The van der Waals surface area contributed by atoms with Crippen molar-refractivity contribution in [2.45, 2.75) is 52.1 Å². The molecule has 3 saturated heterocycles. The Balaban J connectivity index is 1.84. The standard InChI is InChI=1S/C22H26N4O4S3/c1-3-7-25-19(24-8-4-5-9-24)16(14(2)17(12-23)20(25)27)11-18-21(28)26(22(31)32-18)15-6-10-33(29,30)13-15/h11,15H,3-10,13H2,1-2H3. The number of nitrogens with zero attached hydrogens (tertiary/aromatic N) is 4. The Morgan fingerprint density at radius 1 is 1.27 bits per heavy atom. The lowest BCUT2D eigenvalue weighted by Gasteiger charge is -2.26. The zero-order chi connectivity index (χ0) is 23.9. The van der Waals surface area contributed by atoms with Gasteiger partial charge in [-0.2, -0.15) is 5.26 Å². The second-order valence-corrected chi connectivity index (χ2v) is 12.5. The molecule has 1 aromatic rings. The fourth-order valence-electron chi connectivity index (χ4n) is 4.75. The van der Waals surface area contributed by atoms with Crippen LogP contribution in [0.25, 0.3) is 6.08 Å². The number of rotatable bonds is 5. The van der Waals surface area contributed by atoms with E-state index in [-0.39, 0.29) is 28.5 Å². The molecule has 4 heterocycles. The summed E-state index contributed by atoms with van der Waals surface area (Å²) in [4.78, 5) is 30.4. The molecule has 33 heavy (non-hydrogen) atoms. The lowest BCUT2D eigenvalue weighted by Crippen LogP contribution is -2.39. The SMILES string of the molecule is CCCn1c(N2CCCC2)c(C=C2SC(=S)N(C3CCS(=O)(=O)C3)C2=O)c(C)c(C#N)c1=O. The van der Waals surface area contributed by atoms with Gasteiger partial charge in [-0.3, -0.25) is 19.1 Å². The van der Waals surface area contributed by atoms with Crippen LogP contribution < -0.4 is 10.5 Å². The van der Waals surface area contributed by atoms with Crippen molar-refractivity contribution in [2.24, 2.45) is 0 Å². The van der Waals surface area contributed by atoms with E-state index in [4.69, 9.17) is 12.2 Å². The van der Waals surface area contributed by atoms with E-state index in [9.17, 15) is 23.3 Å². The van der Waals surface area contributed by atoms with Crippen molar-refractivity contribution in [2.75, 3.05) is 29.5 Å². The molecule has 0 spiro atoms. The number of carbonyl (C=O) groups is 1. The highest BCUT2D eigenvalue weighted by molar-refractivity contribution is 8.26. The molecule has 0 saturated carbocycles. The predicted molar refractivity (Wildman–Crippen MR) is 134 cm³/mol. The van der Waals surface area contributed by atoms with Crippen LogP contribution in [0.1, 0.15) is 49.3 Å². The first-order chi connectivity index (χ1) is 15.7. The van der Waals surface area contributed by atoms with E-state index >= 15 is 0 Å². The topological polar surface area (TPSA) is 103 Å². The second-order valence-electron chi connectivity index (χ2n) is 8.61. The van der Waals surface area contributed by atoms with E-state index < -0.39 is 15.9 Å². The van der Waals surface area contributed by atoms with E-state index in [0.29, 0.717) is 33.3 Å². The Morgan fingerprint density at radius 2 is 1.97 bits per heavy atom. The van der Waals surface area contributed by atoms with Gasteiger partial charge in [0.1, 0.15) is 21.8 Å². The summed E-state index contributed by atoms with van der Waals surface area (Å²) in [5.74, 6) is 0.403. The highest BCUT2D eigenvalue weighted by Gasteiger charge is 2.42. The average molecular weight is 507 g/mol. The van der Waals surface area contributed by atoms with E-state index in [1.165, 1.54) is 4.90 Å². The number of pyridine rings is 1. The molecular formula is C22H26N4O4S3. The summed E-state index contributed by atoms with van der Waals surface area (Å²) in [5.41, 5.74) is 1.00. The molecule has 1 atom stereocenters. The molecule has 1 amide bonds. The molecule has 3 fully saturated rings. The maximum absolute atomic E-state index is 13.3. The van der Waals surface area contributed by atoms with E-state index in [1.807, 2.05) is 6.92 Å². The maximum atomic E-state index is 13.3. The maximum Gasteiger partial charge on any atom is 0.270 e. The molecule has 0 aromatic carbocycles. The minimum atomic E-state index is -3.17. The number of carbonyl (C=O) groups excluding carboxylic acids is 1. The summed E-state index contributed by atoms with van der Waals surface area (Å²) < 4.78 is 25.9. The molecule has 0 aliphatic carbocycles. The van der Waals surface area contributed by atoms with Crippen LogP contribution in [-0.4, -0.2) is 58.7 Å². The third-order valence-electron chi connectivity index (χ3n) is 6.37. The fraction of sp³-hybridized carbons (Fsp3) is 0.545. The molecule has 0 N–H and O–H groups in total. The zero-order valence-electron chi connectivity index (χ0n) is 18.7. The first-order valence-electron chi connectivity index (χ1n) is 11.1. The highest BCUT2D eigenvalue weighted by atomic mass is 32.2. The number of amides is 1. The van der Waals surface area contributed by atoms with Crippen LogP contribution in [0, 0.1) is 18.3 Å². The number of sulfone groups is 1. The number of nitriles is 1. The first-order valence-corrected chi connectivity index (χ1v) is 14.1. The first kappa shape index (κ1) is 24.0. The van der Waals surface area contributed by atoms with Gasteiger partial charge in [0.05, 0.1) is 22.5 Å². The monoisotopic (exact) mass is 506 g/mol. The fourth-order valence-corrected chi connectivity index (χ4v) is 7.83. The number of thiocarbonyl (C=S) groups is 1. The smallest absolute Gasteiger partial charge is 0.270 e. The Morgan fingerprint density at radius 3 is 2.55 bits per heavy atom. The van der Waals surface area contributed by atoms with Gasteiger partial charge in [-0.25, -0.2) is 8.42 Å². The summed E-state index contributed by atoms with van der Waals surface area (Å²) >= 11 is 6.59. The van der Waals surface area contributed by atoms with Gasteiger partial charge in [-0.05, 0) is 44.2 Å². The van der Waals surface area contributed by atoms with Crippen LogP contribution in [0.2, 0.25) is 0 Å². The minimum Gasteiger partial charge on any atom is -0.357 e. The number of anilines is 1. The number of hydrogen-bond donors (Lipinski definition) is 0. The van der Waals surface area contributed by atoms with Crippen molar-refractivity contribution < 1.29 is 13.2 Å². The molecule has 1 unspecified atom stereocenters. The zero-order valence-corrected chi connectivity index (χ0v) is 21.1. The van der Waals surface area contributed by atoms with Gasteiger partial charge in [0, 0.05) is 25.2 Å². The number of thioether (sulfide) groups is 1. The Kier molecular flexibility index (Phi) is 6.71. The Bertz CT molecular complexity index is 1250. The van der Waals surface area contributed by atoms with E-state index in [2.05, 4.69) is 11.0 Å². The lowest BCUT2D eigenvalue weighted by molar-refractivity contribution is -0.123. The van der Waals surface area contributed by atoms with Crippen LogP contribution in [0.4, 0.5) is 5.82 Å². The minimum absolute atomic E-state index is 0.0551. The summed E-state index contributed by atoms with van der Waals surface area (Å²) in [7, 11) is -3.17. The third-order valence-corrected chi connectivity index (χ3v) is 9.45. The van der Waals surface area contributed by atoms with Gasteiger partial charge in [0.2, 0.25) is 0 Å². The van der Waals surface area contributed by atoms with Crippen LogP contribution in [0.3, 0.4) is 0 Å². The van der Waals surface area contributed by atoms with Crippen molar-refractivity contribution in [3.05, 3.63) is 31.9 Å². The van der Waals surface area contributed by atoms with Gasteiger partial charge in [-0.1, -0.05) is 30.9 Å². The summed E-state index contributed by atoms with van der Waals surface area (Å²) in [6.45, 7) is 5.80. The van der Waals surface area contributed by atoms with E-state index in [0.717, 1.165) is 49.9 Å². The molecule has 11 heteroatoms. The molecular weight excluding hydrogens is 480 g/mol. The molecule has 3 aliphatic rings. The van der Waals surface area contributed by atoms with Crippen LogP contribution in [0.15, 0.2) is 9.70 Å². The van der Waals surface area contributed by atoms with Gasteiger partial charge < -0.3 is 4.90 Å². The van der Waals surface area contributed by atoms with Crippen LogP contribution >= 0.6 is 24.0 Å². The van der Waals surface area contributed by atoms with Crippen molar-refractivity contribution in [1.82, 2.24) is 9.47 Å². The van der Waals surface area contributed by atoms with E-state index in [1.54, 1.807) is 17.6 Å². The van der Waals surface area contributed by atoms with Gasteiger partial charge in [-0.15, -0.1) is 0 Å². The summed E-state index contributed by atoms with van der Waals surface area (Å²) in [5, 5.41) is 9.71. The normalized spacial score (nSPS) is 23.7. The van der Waals surface area contributed by atoms with Crippen molar-refractivity contribution in [3.63, 3.8) is 0 Å². The molecule has 8 nitrogen and oxygen atoms in total. The second kappa shape index (κ2) is 9.24. The largest absolute Gasteiger partial charge is 0.357 e. The molecule has 0 bridgehead atoms. The third kappa shape index (κ3) is 4.36. The predicted octanol–water partition coefficient (Wildman–Crippen LogP) is 2.43. The van der Waals surface area contributed by atoms with Crippen molar-refractivity contribution in [1.29, 1.82) is 5.26 Å². The van der Waals surface area contributed by atoms with Crippen LogP contribution in [0.5, 0.6) is 0 Å². The highest BCUT2D eigenvalue weighted by Crippen LogP contribution is 2.38. The molecule has 176 valence electrons. The number of aromatic nitrogens is 1. The van der Waals surface area contributed by atoms with Crippen molar-refractivity contribution >= 4 is 55.9 Å². The van der Waals surface area contributed by atoms with Gasteiger partial charge >= 0.3 is 0 Å². The van der Waals surface area contributed by atoms with Gasteiger partial charge in [0.25, 0.3) is 11.5 Å². The summed E-state index contributed by atoms with van der Waals surface area (Å²) in [6.07, 6.45) is 4.86. The van der Waals surface area contributed by atoms with Crippen molar-refractivity contribution in [3.8, 4) is 6.07 Å². The molecule has 0 radical (unpaired) electrons. The van der Waals surface area contributed by atoms with Gasteiger partial charge in [0.15, 0.2) is 9.84 Å². The lowest BCUT2D eigenvalue weighted by atomic mass is 10.0. The quantitative estimate of drug-likeness (QED) is 0.443. The Labute approximate surface area is 203 Å². The molecule has 1 aromatic heterocycles. The Hall–Kier alpha value is -2.16.